The Morgan fingerprint density at radius 2 is 2.21 bits per heavy atom. The molecule has 0 aliphatic carbocycles. The van der Waals surface area contributed by atoms with Gasteiger partial charge in [-0.1, -0.05) is 0 Å². The van der Waals surface area contributed by atoms with E-state index in [2.05, 4.69) is 4.98 Å². The summed E-state index contributed by atoms with van der Waals surface area (Å²) in [7, 11) is 1.84. The Hall–Kier alpha value is -2.30. The minimum atomic E-state index is -0.966. The van der Waals surface area contributed by atoms with Crippen molar-refractivity contribution in [3.8, 4) is 0 Å². The van der Waals surface area contributed by atoms with Crippen molar-refractivity contribution in [2.45, 2.75) is 20.4 Å². The van der Waals surface area contributed by atoms with Crippen molar-refractivity contribution < 1.29 is 14.3 Å². The SMILES string of the molecule is Cc1cc(N(C)Cc2ccco2)c(C(=O)O)c(C)n1. The number of hydrogen-bond acceptors (Lipinski definition) is 4. The standard InChI is InChI=1S/C14H16N2O3/c1-9-7-12(13(14(17)18)10(2)15-9)16(3)8-11-5-4-6-19-11/h4-7H,8H2,1-3H3,(H,17,18). The minimum absolute atomic E-state index is 0.236. The van der Waals surface area contributed by atoms with Crippen molar-refractivity contribution in [1.82, 2.24) is 4.98 Å². The zero-order valence-electron chi connectivity index (χ0n) is 11.2. The molecule has 1 N–H and O–H groups in total. The molecule has 0 amide bonds. The molecule has 2 rings (SSSR count). The van der Waals surface area contributed by atoms with Crippen molar-refractivity contribution >= 4 is 11.7 Å². The van der Waals surface area contributed by atoms with Crippen LogP contribution in [0.4, 0.5) is 5.69 Å². The second kappa shape index (κ2) is 5.14. The smallest absolute Gasteiger partial charge is 0.339 e. The van der Waals surface area contributed by atoms with Gasteiger partial charge in [0.15, 0.2) is 0 Å². The van der Waals surface area contributed by atoms with Crippen LogP contribution in [-0.4, -0.2) is 23.1 Å². The lowest BCUT2D eigenvalue weighted by Gasteiger charge is -2.21. The summed E-state index contributed by atoms with van der Waals surface area (Å²) in [5.41, 5.74) is 2.20. The maximum atomic E-state index is 11.4. The zero-order valence-corrected chi connectivity index (χ0v) is 11.2. The lowest BCUT2D eigenvalue weighted by Crippen LogP contribution is -2.20. The van der Waals surface area contributed by atoms with Gasteiger partial charge in [-0.05, 0) is 32.0 Å². The van der Waals surface area contributed by atoms with E-state index in [1.165, 1.54) is 0 Å². The van der Waals surface area contributed by atoms with Gasteiger partial charge in [-0.15, -0.1) is 0 Å². The van der Waals surface area contributed by atoms with Crippen molar-refractivity contribution in [1.29, 1.82) is 0 Å². The molecular formula is C14H16N2O3. The summed E-state index contributed by atoms with van der Waals surface area (Å²) in [6.07, 6.45) is 1.60. The first-order valence-corrected chi connectivity index (χ1v) is 5.94. The van der Waals surface area contributed by atoms with Crippen molar-refractivity contribution in [2.24, 2.45) is 0 Å². The Morgan fingerprint density at radius 1 is 1.47 bits per heavy atom. The van der Waals surface area contributed by atoms with Crippen molar-refractivity contribution in [3.05, 3.63) is 47.2 Å². The van der Waals surface area contributed by atoms with E-state index in [9.17, 15) is 9.90 Å². The minimum Gasteiger partial charge on any atom is -0.478 e. The highest BCUT2D eigenvalue weighted by atomic mass is 16.4. The highest BCUT2D eigenvalue weighted by molar-refractivity contribution is 5.95. The van der Waals surface area contributed by atoms with Crippen LogP contribution in [0.1, 0.15) is 27.5 Å². The van der Waals surface area contributed by atoms with Gasteiger partial charge in [0.05, 0.1) is 24.2 Å². The van der Waals surface area contributed by atoms with Crippen LogP contribution in [0.3, 0.4) is 0 Å². The lowest BCUT2D eigenvalue weighted by molar-refractivity contribution is 0.0696. The van der Waals surface area contributed by atoms with E-state index in [0.29, 0.717) is 17.9 Å². The molecule has 0 aromatic carbocycles. The first kappa shape index (κ1) is 13.1. The van der Waals surface area contributed by atoms with Crippen LogP contribution in [-0.2, 0) is 6.54 Å². The average Bonchev–Trinajstić information content (AvgIpc) is 2.79. The Bertz CT molecular complexity index is 591. The van der Waals surface area contributed by atoms with Crippen LogP contribution < -0.4 is 4.90 Å². The van der Waals surface area contributed by atoms with Gasteiger partial charge in [0.25, 0.3) is 0 Å². The molecule has 0 bridgehead atoms. The van der Waals surface area contributed by atoms with Crippen LogP contribution in [0, 0.1) is 13.8 Å². The molecule has 0 unspecified atom stereocenters. The average molecular weight is 260 g/mol. The number of anilines is 1. The third-order valence-corrected chi connectivity index (χ3v) is 2.91. The van der Waals surface area contributed by atoms with Crippen molar-refractivity contribution in [3.63, 3.8) is 0 Å². The molecule has 2 aromatic heterocycles. The summed E-state index contributed by atoms with van der Waals surface area (Å²) >= 11 is 0. The largest absolute Gasteiger partial charge is 0.478 e. The van der Waals surface area contributed by atoms with Gasteiger partial charge in [0.2, 0.25) is 0 Å². The number of aryl methyl sites for hydroxylation is 2. The second-order valence-electron chi connectivity index (χ2n) is 4.48. The zero-order chi connectivity index (χ0) is 14.0. The van der Waals surface area contributed by atoms with Crippen LogP contribution in [0.5, 0.6) is 0 Å². The summed E-state index contributed by atoms with van der Waals surface area (Å²) in [6, 6.07) is 5.45. The number of hydrogen-bond donors (Lipinski definition) is 1. The highest BCUT2D eigenvalue weighted by Crippen LogP contribution is 2.24. The molecule has 0 saturated heterocycles. The molecule has 19 heavy (non-hydrogen) atoms. The molecule has 100 valence electrons. The summed E-state index contributed by atoms with van der Waals surface area (Å²) in [5, 5.41) is 9.32. The second-order valence-corrected chi connectivity index (χ2v) is 4.48. The number of carboxylic acids is 1. The number of furan rings is 1. The number of aromatic nitrogens is 1. The molecule has 0 fully saturated rings. The van der Waals surface area contributed by atoms with Crippen LogP contribution >= 0.6 is 0 Å². The monoisotopic (exact) mass is 260 g/mol. The van der Waals surface area contributed by atoms with Crippen LogP contribution in [0.15, 0.2) is 28.9 Å². The van der Waals surface area contributed by atoms with E-state index < -0.39 is 5.97 Å². The molecule has 2 heterocycles. The highest BCUT2D eigenvalue weighted by Gasteiger charge is 2.18. The topological polar surface area (TPSA) is 66.6 Å². The Balaban J connectivity index is 2.40. The molecule has 0 spiro atoms. The van der Waals surface area contributed by atoms with Gasteiger partial charge in [-0.3, -0.25) is 4.98 Å². The fourth-order valence-corrected chi connectivity index (χ4v) is 2.09. The number of aromatic carboxylic acids is 1. The van der Waals surface area contributed by atoms with E-state index in [0.717, 1.165) is 11.5 Å². The number of pyridine rings is 1. The third-order valence-electron chi connectivity index (χ3n) is 2.91. The Morgan fingerprint density at radius 3 is 2.79 bits per heavy atom. The third kappa shape index (κ3) is 2.76. The maximum absolute atomic E-state index is 11.4. The number of carboxylic acid groups (broad SMARTS) is 1. The van der Waals surface area contributed by atoms with E-state index in [4.69, 9.17) is 4.42 Å². The van der Waals surface area contributed by atoms with Gasteiger partial charge in [-0.25, -0.2) is 4.79 Å². The normalized spacial score (nSPS) is 10.5. The van der Waals surface area contributed by atoms with E-state index in [1.54, 1.807) is 19.3 Å². The molecule has 0 radical (unpaired) electrons. The fraction of sp³-hybridized carbons (Fsp3) is 0.286. The molecule has 5 heteroatoms. The van der Waals surface area contributed by atoms with Gasteiger partial charge in [0, 0.05) is 12.7 Å². The Kier molecular flexibility index (Phi) is 3.55. The number of rotatable bonds is 4. The van der Waals surface area contributed by atoms with E-state index >= 15 is 0 Å². The summed E-state index contributed by atoms with van der Waals surface area (Å²) in [5.74, 6) is -0.183. The first-order valence-electron chi connectivity index (χ1n) is 5.94. The first-order chi connectivity index (χ1) is 8.99. The molecule has 0 aliphatic heterocycles. The summed E-state index contributed by atoms with van der Waals surface area (Å²) in [4.78, 5) is 17.4. The predicted molar refractivity (Wildman–Crippen MR) is 71.5 cm³/mol. The summed E-state index contributed by atoms with van der Waals surface area (Å²) < 4.78 is 5.28. The van der Waals surface area contributed by atoms with Gasteiger partial charge < -0.3 is 14.4 Å². The van der Waals surface area contributed by atoms with Crippen LogP contribution in [0.25, 0.3) is 0 Å². The predicted octanol–water partition coefficient (Wildman–Crippen LogP) is 2.63. The quantitative estimate of drug-likeness (QED) is 0.915. The Labute approximate surface area is 111 Å². The van der Waals surface area contributed by atoms with E-state index in [-0.39, 0.29) is 5.56 Å². The molecule has 0 aliphatic rings. The molecule has 0 atom stereocenters. The molecular weight excluding hydrogens is 244 g/mol. The van der Waals surface area contributed by atoms with Gasteiger partial charge >= 0.3 is 5.97 Å². The lowest BCUT2D eigenvalue weighted by atomic mass is 10.1. The van der Waals surface area contributed by atoms with Gasteiger partial charge in [-0.2, -0.15) is 0 Å². The maximum Gasteiger partial charge on any atom is 0.339 e. The summed E-state index contributed by atoms with van der Waals surface area (Å²) in [6.45, 7) is 4.07. The molecule has 2 aromatic rings. The fourth-order valence-electron chi connectivity index (χ4n) is 2.09. The van der Waals surface area contributed by atoms with Crippen molar-refractivity contribution in [2.75, 3.05) is 11.9 Å². The van der Waals surface area contributed by atoms with Crippen LogP contribution in [0.2, 0.25) is 0 Å². The van der Waals surface area contributed by atoms with Gasteiger partial charge in [0.1, 0.15) is 11.3 Å². The number of nitrogens with zero attached hydrogens (tertiary/aromatic N) is 2. The van der Waals surface area contributed by atoms with E-state index in [1.807, 2.05) is 31.0 Å². The number of carbonyl (C=O) groups is 1. The molecule has 5 nitrogen and oxygen atoms in total. The molecule has 0 saturated carbocycles.